The van der Waals surface area contributed by atoms with Crippen molar-refractivity contribution < 1.29 is 13.2 Å². The summed E-state index contributed by atoms with van der Waals surface area (Å²) in [5.74, 6) is -0.277. The highest BCUT2D eigenvalue weighted by atomic mass is 32.2. The van der Waals surface area contributed by atoms with Gasteiger partial charge in [0.05, 0.1) is 21.4 Å². The third-order valence-electron chi connectivity index (χ3n) is 5.15. The Labute approximate surface area is 223 Å². The number of nitriles is 1. The summed E-state index contributed by atoms with van der Waals surface area (Å²) in [6.45, 7) is 3.60. The predicted octanol–water partition coefficient (Wildman–Crippen LogP) is 5.09. The quantitative estimate of drug-likeness (QED) is 0.275. The van der Waals surface area contributed by atoms with Crippen LogP contribution in [0.4, 0.5) is 10.8 Å². The van der Waals surface area contributed by atoms with E-state index in [2.05, 4.69) is 31.3 Å². The van der Waals surface area contributed by atoms with Gasteiger partial charge in [-0.25, -0.2) is 13.4 Å². The van der Waals surface area contributed by atoms with Crippen molar-refractivity contribution in [3.63, 3.8) is 0 Å². The molecule has 4 rings (SSSR count). The number of hydrogen-bond acceptors (Lipinski definition) is 9. The number of nitrogens with zero attached hydrogens (tertiary/aromatic N) is 4. The van der Waals surface area contributed by atoms with Crippen LogP contribution in [-0.4, -0.2) is 34.8 Å². The van der Waals surface area contributed by atoms with E-state index in [0.29, 0.717) is 33.4 Å². The largest absolute Gasteiger partial charge is 0.325 e. The third-order valence-corrected chi connectivity index (χ3v) is 8.75. The molecule has 0 radical (unpaired) electrons. The predicted molar refractivity (Wildman–Crippen MR) is 145 cm³/mol. The van der Waals surface area contributed by atoms with Gasteiger partial charge in [0, 0.05) is 11.3 Å². The van der Waals surface area contributed by atoms with Crippen molar-refractivity contribution in [2.45, 2.75) is 35.4 Å². The van der Waals surface area contributed by atoms with E-state index in [9.17, 15) is 18.5 Å². The lowest BCUT2D eigenvalue weighted by molar-refractivity contribution is -0.115. The molecule has 2 N–H and O–H groups in total. The molecule has 37 heavy (non-hydrogen) atoms. The fourth-order valence-electron chi connectivity index (χ4n) is 3.29. The maximum atomic E-state index is 13.0. The van der Waals surface area contributed by atoms with Crippen LogP contribution in [0, 0.1) is 18.3 Å². The number of sulfonamides is 1. The molecule has 0 spiro atoms. The lowest BCUT2D eigenvalue weighted by Crippen LogP contribution is -2.25. The van der Waals surface area contributed by atoms with E-state index in [-0.39, 0.29) is 15.9 Å². The molecule has 0 fully saturated rings. The van der Waals surface area contributed by atoms with E-state index in [1.165, 1.54) is 36.0 Å². The van der Waals surface area contributed by atoms with E-state index < -0.39 is 15.3 Å². The summed E-state index contributed by atoms with van der Waals surface area (Å²) in [5.41, 5.74) is 2.47. The van der Waals surface area contributed by atoms with E-state index in [0.717, 1.165) is 16.9 Å². The summed E-state index contributed by atoms with van der Waals surface area (Å²) in [4.78, 5) is 17.7. The van der Waals surface area contributed by atoms with Gasteiger partial charge in [0.2, 0.25) is 11.0 Å². The molecule has 4 aromatic rings. The van der Waals surface area contributed by atoms with Crippen molar-refractivity contribution in [2.75, 3.05) is 10.0 Å². The standard InChI is InChI=1S/C25H22N6O3S3/c1-3-22(36-24-18(15-26)9-14-21(28-24)17-7-5-4-6-8-17)23(32)27-19-10-12-20(13-11-19)37(33,34)31-25-30-29-16(2)35-25/h4-14,22H,3H2,1-2H3,(H,27,32)(H,30,31). The van der Waals surface area contributed by atoms with Crippen molar-refractivity contribution in [3.8, 4) is 17.3 Å². The molecule has 0 saturated heterocycles. The second kappa shape index (κ2) is 11.5. The topological polar surface area (TPSA) is 138 Å². The van der Waals surface area contributed by atoms with E-state index in [1.807, 2.05) is 37.3 Å². The van der Waals surface area contributed by atoms with Crippen molar-refractivity contribution in [3.05, 3.63) is 77.3 Å². The molecule has 0 saturated carbocycles. The summed E-state index contributed by atoms with van der Waals surface area (Å²) in [6, 6.07) is 21.1. The van der Waals surface area contributed by atoms with Gasteiger partial charge in [0.25, 0.3) is 10.0 Å². The molecule has 2 aromatic carbocycles. The second-order valence-corrected chi connectivity index (χ2v) is 11.8. The number of rotatable bonds is 9. The van der Waals surface area contributed by atoms with Crippen LogP contribution < -0.4 is 10.0 Å². The summed E-state index contributed by atoms with van der Waals surface area (Å²) in [6.07, 6.45) is 0.496. The van der Waals surface area contributed by atoms with Crippen LogP contribution in [-0.2, 0) is 14.8 Å². The molecule has 12 heteroatoms. The molecule has 0 bridgehead atoms. The molecule has 2 heterocycles. The van der Waals surface area contributed by atoms with Crippen LogP contribution in [0.3, 0.4) is 0 Å². The Hall–Kier alpha value is -3.79. The Bertz CT molecular complexity index is 1550. The number of nitrogens with one attached hydrogen (secondary N) is 2. The fourth-order valence-corrected chi connectivity index (χ4v) is 6.11. The molecule has 188 valence electrons. The maximum Gasteiger partial charge on any atom is 0.263 e. The number of carbonyl (C=O) groups excluding carboxylic acids is 1. The minimum atomic E-state index is -3.84. The van der Waals surface area contributed by atoms with Crippen molar-refractivity contribution >= 4 is 49.8 Å². The maximum absolute atomic E-state index is 13.0. The van der Waals surface area contributed by atoms with Gasteiger partial charge in [-0.1, -0.05) is 60.4 Å². The molecule has 2 aromatic heterocycles. The number of carbonyl (C=O) groups is 1. The Morgan fingerprint density at radius 2 is 1.81 bits per heavy atom. The molecule has 0 aliphatic carbocycles. The SMILES string of the molecule is CCC(Sc1nc(-c2ccccc2)ccc1C#N)C(=O)Nc1ccc(S(=O)(=O)Nc2nnc(C)s2)cc1. The van der Waals surface area contributed by atoms with Gasteiger partial charge < -0.3 is 5.32 Å². The van der Waals surface area contributed by atoms with Crippen molar-refractivity contribution in [1.29, 1.82) is 5.26 Å². The van der Waals surface area contributed by atoms with Crippen LogP contribution in [0.25, 0.3) is 11.3 Å². The Morgan fingerprint density at radius 3 is 2.43 bits per heavy atom. The van der Waals surface area contributed by atoms with Crippen LogP contribution in [0.15, 0.2) is 76.7 Å². The van der Waals surface area contributed by atoms with Crippen LogP contribution in [0.1, 0.15) is 23.9 Å². The van der Waals surface area contributed by atoms with E-state index >= 15 is 0 Å². The zero-order valence-electron chi connectivity index (χ0n) is 19.9. The number of pyridine rings is 1. The van der Waals surface area contributed by atoms with Gasteiger partial charge in [0.15, 0.2) is 0 Å². The van der Waals surface area contributed by atoms with Gasteiger partial charge >= 0.3 is 0 Å². The Balaban J connectivity index is 1.47. The first kappa shape index (κ1) is 26.3. The smallest absolute Gasteiger partial charge is 0.263 e. The van der Waals surface area contributed by atoms with E-state index in [4.69, 9.17) is 0 Å². The van der Waals surface area contributed by atoms with Gasteiger partial charge in [-0.2, -0.15) is 5.26 Å². The van der Waals surface area contributed by atoms with Gasteiger partial charge in [-0.3, -0.25) is 9.52 Å². The number of anilines is 2. The van der Waals surface area contributed by atoms with Crippen molar-refractivity contribution in [2.24, 2.45) is 0 Å². The van der Waals surface area contributed by atoms with Crippen molar-refractivity contribution in [1.82, 2.24) is 15.2 Å². The van der Waals surface area contributed by atoms with Crippen LogP contribution >= 0.6 is 23.1 Å². The number of amides is 1. The first-order chi connectivity index (χ1) is 17.8. The van der Waals surface area contributed by atoms with Gasteiger partial charge in [-0.15, -0.1) is 10.2 Å². The molecule has 0 aliphatic heterocycles. The molecular formula is C25H22N6O3S3. The lowest BCUT2D eigenvalue weighted by atomic mass is 10.1. The molecule has 0 aliphatic rings. The average Bonchev–Trinajstić information content (AvgIpc) is 3.31. The Morgan fingerprint density at radius 1 is 1.08 bits per heavy atom. The molecule has 9 nitrogen and oxygen atoms in total. The highest BCUT2D eigenvalue weighted by Crippen LogP contribution is 2.30. The summed E-state index contributed by atoms with van der Waals surface area (Å²) >= 11 is 2.36. The molecule has 1 amide bonds. The first-order valence-corrected chi connectivity index (χ1v) is 14.3. The Kier molecular flexibility index (Phi) is 8.17. The van der Waals surface area contributed by atoms with Gasteiger partial charge in [-0.05, 0) is 49.7 Å². The number of aryl methyl sites for hydroxylation is 1. The highest BCUT2D eigenvalue weighted by molar-refractivity contribution is 8.00. The molecule has 1 atom stereocenters. The summed E-state index contributed by atoms with van der Waals surface area (Å²) in [7, 11) is -3.84. The van der Waals surface area contributed by atoms with E-state index in [1.54, 1.807) is 19.1 Å². The number of hydrogen-bond donors (Lipinski definition) is 2. The minimum Gasteiger partial charge on any atom is -0.325 e. The monoisotopic (exact) mass is 550 g/mol. The van der Waals surface area contributed by atoms with Crippen LogP contribution in [0.5, 0.6) is 0 Å². The zero-order valence-corrected chi connectivity index (χ0v) is 22.3. The number of thioether (sulfide) groups is 1. The summed E-state index contributed by atoms with van der Waals surface area (Å²) < 4.78 is 27.6. The number of aromatic nitrogens is 3. The number of benzene rings is 2. The van der Waals surface area contributed by atoms with Gasteiger partial charge in [0.1, 0.15) is 16.1 Å². The zero-order chi connectivity index (χ0) is 26.4. The second-order valence-electron chi connectivity index (χ2n) is 7.79. The normalized spacial score (nSPS) is 11.9. The highest BCUT2D eigenvalue weighted by Gasteiger charge is 2.22. The lowest BCUT2D eigenvalue weighted by Gasteiger charge is -2.16. The first-order valence-electron chi connectivity index (χ1n) is 11.2. The summed E-state index contributed by atoms with van der Waals surface area (Å²) in [5, 5.41) is 20.7. The fraction of sp³-hybridized carbons (Fsp3) is 0.160. The average molecular weight is 551 g/mol. The molecular weight excluding hydrogens is 529 g/mol. The molecule has 1 unspecified atom stereocenters. The van der Waals surface area contributed by atoms with Crippen LogP contribution in [0.2, 0.25) is 0 Å². The third kappa shape index (κ3) is 6.51. The minimum absolute atomic E-state index is 0.0281.